The van der Waals surface area contributed by atoms with Gasteiger partial charge in [0.25, 0.3) is 11.7 Å². The van der Waals surface area contributed by atoms with Crippen molar-refractivity contribution in [1.29, 1.82) is 0 Å². The van der Waals surface area contributed by atoms with Gasteiger partial charge in [0.2, 0.25) is 0 Å². The molecule has 0 aliphatic carbocycles. The van der Waals surface area contributed by atoms with Crippen LogP contribution >= 0.6 is 15.9 Å². The second kappa shape index (κ2) is 5.55. The van der Waals surface area contributed by atoms with Crippen LogP contribution in [0.1, 0.15) is 15.9 Å². The predicted molar refractivity (Wildman–Crippen MR) is 84.1 cm³/mol. The van der Waals surface area contributed by atoms with Crippen molar-refractivity contribution >= 4 is 33.3 Å². The third-order valence-electron chi connectivity index (χ3n) is 3.18. The summed E-state index contributed by atoms with van der Waals surface area (Å²) in [7, 11) is 0. The molecular formula is C17H10BrNO2. The van der Waals surface area contributed by atoms with E-state index in [4.69, 9.17) is 0 Å². The van der Waals surface area contributed by atoms with Crippen LogP contribution in [0.15, 0.2) is 53.0 Å². The van der Waals surface area contributed by atoms with E-state index in [0.717, 1.165) is 10.0 Å². The van der Waals surface area contributed by atoms with Crippen LogP contribution in [0.4, 0.5) is 5.69 Å². The van der Waals surface area contributed by atoms with Crippen LogP contribution in [-0.2, 0) is 4.79 Å². The van der Waals surface area contributed by atoms with Gasteiger partial charge in [-0.3, -0.25) is 14.5 Å². The minimum Gasteiger partial charge on any atom is -0.293 e. The average molecular weight is 340 g/mol. The maximum atomic E-state index is 12.0. The number of rotatable bonds is 1. The number of hydrogen-bond donors (Lipinski definition) is 0. The van der Waals surface area contributed by atoms with E-state index >= 15 is 0 Å². The second-order valence-corrected chi connectivity index (χ2v) is 5.47. The van der Waals surface area contributed by atoms with Crippen molar-refractivity contribution in [1.82, 2.24) is 0 Å². The standard InChI is InChI=1S/C17H10BrNO2/c18-13-8-9-15-14(11-13)16(20)17(21)19(15)10-4-7-12-5-2-1-3-6-12/h1-3,5-6,8-9,11H,10H2. The van der Waals surface area contributed by atoms with Crippen molar-refractivity contribution in [3.8, 4) is 11.8 Å². The Morgan fingerprint density at radius 2 is 1.81 bits per heavy atom. The number of halogens is 1. The molecule has 0 unspecified atom stereocenters. The molecule has 102 valence electrons. The minimum atomic E-state index is -0.523. The fourth-order valence-corrected chi connectivity index (χ4v) is 2.53. The first-order chi connectivity index (χ1) is 10.2. The molecule has 1 aliphatic rings. The lowest BCUT2D eigenvalue weighted by Gasteiger charge is -2.12. The summed E-state index contributed by atoms with van der Waals surface area (Å²) in [6, 6.07) is 14.8. The molecule has 2 aromatic carbocycles. The molecule has 0 aromatic heterocycles. The Balaban J connectivity index is 1.86. The third kappa shape index (κ3) is 2.61. The van der Waals surface area contributed by atoms with Gasteiger partial charge in [0.15, 0.2) is 0 Å². The molecular weight excluding hydrogens is 330 g/mol. The van der Waals surface area contributed by atoms with E-state index in [2.05, 4.69) is 27.8 Å². The first-order valence-corrected chi connectivity index (χ1v) is 7.16. The average Bonchev–Trinajstić information content (AvgIpc) is 2.73. The van der Waals surface area contributed by atoms with E-state index < -0.39 is 11.7 Å². The zero-order chi connectivity index (χ0) is 14.8. The number of anilines is 1. The van der Waals surface area contributed by atoms with E-state index in [9.17, 15) is 9.59 Å². The highest BCUT2D eigenvalue weighted by molar-refractivity contribution is 9.10. The summed E-state index contributed by atoms with van der Waals surface area (Å²) in [6.07, 6.45) is 0. The van der Waals surface area contributed by atoms with Crippen molar-refractivity contribution in [3.05, 3.63) is 64.1 Å². The Morgan fingerprint density at radius 3 is 2.57 bits per heavy atom. The third-order valence-corrected chi connectivity index (χ3v) is 3.67. The lowest BCUT2D eigenvalue weighted by atomic mass is 10.1. The number of amides is 1. The van der Waals surface area contributed by atoms with Crippen LogP contribution < -0.4 is 4.90 Å². The second-order valence-electron chi connectivity index (χ2n) is 4.55. The van der Waals surface area contributed by atoms with Crippen molar-refractivity contribution in [2.75, 3.05) is 11.4 Å². The van der Waals surface area contributed by atoms with E-state index in [-0.39, 0.29) is 6.54 Å². The molecule has 0 bridgehead atoms. The van der Waals surface area contributed by atoms with Gasteiger partial charge in [0.1, 0.15) is 0 Å². The van der Waals surface area contributed by atoms with Crippen LogP contribution in [0, 0.1) is 11.8 Å². The van der Waals surface area contributed by atoms with Crippen LogP contribution in [0.25, 0.3) is 0 Å². The quantitative estimate of drug-likeness (QED) is 0.591. The summed E-state index contributed by atoms with van der Waals surface area (Å²) in [4.78, 5) is 25.4. The van der Waals surface area contributed by atoms with Gasteiger partial charge in [-0.2, -0.15) is 0 Å². The Morgan fingerprint density at radius 1 is 1.05 bits per heavy atom. The summed E-state index contributed by atoms with van der Waals surface area (Å²) in [5.74, 6) is 4.92. The molecule has 4 heteroatoms. The van der Waals surface area contributed by atoms with Gasteiger partial charge in [-0.1, -0.05) is 46.0 Å². The van der Waals surface area contributed by atoms with Gasteiger partial charge in [-0.25, -0.2) is 0 Å². The van der Waals surface area contributed by atoms with Gasteiger partial charge in [-0.15, -0.1) is 0 Å². The van der Waals surface area contributed by atoms with E-state index in [1.165, 1.54) is 4.90 Å². The molecule has 0 radical (unpaired) electrons. The van der Waals surface area contributed by atoms with Gasteiger partial charge < -0.3 is 0 Å². The maximum Gasteiger partial charge on any atom is 0.300 e. The van der Waals surface area contributed by atoms with Crippen molar-refractivity contribution in [2.45, 2.75) is 0 Å². The SMILES string of the molecule is O=C1C(=O)N(CC#Cc2ccccc2)c2ccc(Br)cc21. The maximum absolute atomic E-state index is 12.0. The Kier molecular flexibility index (Phi) is 3.59. The molecule has 0 spiro atoms. The Hall–Kier alpha value is -2.38. The van der Waals surface area contributed by atoms with Crippen molar-refractivity contribution in [3.63, 3.8) is 0 Å². The zero-order valence-corrected chi connectivity index (χ0v) is 12.6. The van der Waals surface area contributed by atoms with Gasteiger partial charge in [0.05, 0.1) is 17.8 Å². The summed E-state index contributed by atoms with van der Waals surface area (Å²) in [5.41, 5.74) is 1.93. The highest BCUT2D eigenvalue weighted by Gasteiger charge is 2.35. The summed E-state index contributed by atoms with van der Waals surface area (Å²) in [6.45, 7) is 0.202. The number of carbonyl (C=O) groups excluding carboxylic acids is 2. The fraction of sp³-hybridized carbons (Fsp3) is 0.0588. The van der Waals surface area contributed by atoms with E-state index in [1.807, 2.05) is 36.4 Å². The first-order valence-electron chi connectivity index (χ1n) is 6.36. The lowest BCUT2D eigenvalue weighted by Crippen LogP contribution is -2.29. The fourth-order valence-electron chi connectivity index (χ4n) is 2.17. The molecule has 0 N–H and O–H groups in total. The predicted octanol–water partition coefficient (Wildman–Crippen LogP) is 3.03. The van der Waals surface area contributed by atoms with E-state index in [1.54, 1.807) is 12.1 Å². The molecule has 21 heavy (non-hydrogen) atoms. The molecule has 2 aromatic rings. The molecule has 1 heterocycles. The largest absolute Gasteiger partial charge is 0.300 e. The Bertz CT molecular complexity index is 787. The minimum absolute atomic E-state index is 0.202. The number of carbonyl (C=O) groups is 2. The zero-order valence-electron chi connectivity index (χ0n) is 11.0. The van der Waals surface area contributed by atoms with Gasteiger partial charge >= 0.3 is 0 Å². The monoisotopic (exact) mass is 339 g/mol. The summed E-state index contributed by atoms with van der Waals surface area (Å²) >= 11 is 3.31. The number of Topliss-reactive ketones (excluding diaryl/α,β-unsaturated/α-hetero) is 1. The van der Waals surface area contributed by atoms with Crippen molar-refractivity contribution < 1.29 is 9.59 Å². The van der Waals surface area contributed by atoms with Crippen LogP contribution in [0.2, 0.25) is 0 Å². The lowest BCUT2D eigenvalue weighted by molar-refractivity contribution is -0.114. The topological polar surface area (TPSA) is 37.4 Å². The highest BCUT2D eigenvalue weighted by Crippen LogP contribution is 2.30. The van der Waals surface area contributed by atoms with Gasteiger partial charge in [0, 0.05) is 10.0 Å². The number of nitrogens with zero attached hydrogens (tertiary/aromatic N) is 1. The molecule has 0 fully saturated rings. The van der Waals surface area contributed by atoms with Crippen molar-refractivity contribution in [2.24, 2.45) is 0 Å². The normalized spacial score (nSPS) is 12.9. The molecule has 0 saturated carbocycles. The van der Waals surface area contributed by atoms with Gasteiger partial charge in [-0.05, 0) is 30.3 Å². The molecule has 1 amide bonds. The number of ketones is 1. The first kappa shape index (κ1) is 13.6. The Labute approximate surface area is 130 Å². The molecule has 3 rings (SSSR count). The van der Waals surface area contributed by atoms with Crippen LogP contribution in [0.3, 0.4) is 0 Å². The number of hydrogen-bond acceptors (Lipinski definition) is 2. The highest BCUT2D eigenvalue weighted by atomic mass is 79.9. The van der Waals surface area contributed by atoms with Crippen LogP contribution in [-0.4, -0.2) is 18.2 Å². The van der Waals surface area contributed by atoms with E-state index in [0.29, 0.717) is 11.3 Å². The van der Waals surface area contributed by atoms with Crippen LogP contribution in [0.5, 0.6) is 0 Å². The summed E-state index contributed by atoms with van der Waals surface area (Å²) < 4.78 is 0.777. The molecule has 1 aliphatic heterocycles. The summed E-state index contributed by atoms with van der Waals surface area (Å²) in [5, 5.41) is 0. The smallest absolute Gasteiger partial charge is 0.293 e. The molecule has 0 saturated heterocycles. The molecule has 0 atom stereocenters. The number of benzene rings is 2. The molecule has 3 nitrogen and oxygen atoms in total. The number of fused-ring (bicyclic) bond motifs is 1.